The van der Waals surface area contributed by atoms with Crippen LogP contribution in [0.15, 0.2) is 60.9 Å². The Morgan fingerprint density at radius 1 is 1.04 bits per heavy atom. The quantitative estimate of drug-likeness (QED) is 0.551. The summed E-state index contributed by atoms with van der Waals surface area (Å²) in [5, 5.41) is 3.47. The molecule has 0 aliphatic carbocycles. The number of primary amides is 1. The normalized spacial score (nSPS) is 12.9. The molecule has 136 valence electrons. The van der Waals surface area contributed by atoms with Crippen LogP contribution in [0.3, 0.4) is 0 Å². The van der Waals surface area contributed by atoms with Gasteiger partial charge in [-0.15, -0.1) is 11.3 Å². The van der Waals surface area contributed by atoms with Crippen LogP contribution < -0.4 is 16.0 Å². The molecule has 8 heteroatoms. The van der Waals surface area contributed by atoms with Crippen LogP contribution in [-0.4, -0.2) is 21.9 Å². The summed E-state index contributed by atoms with van der Waals surface area (Å²) in [6, 6.07) is 14.9. The lowest BCUT2D eigenvalue weighted by Crippen LogP contribution is -2.35. The molecule has 3 amide bonds. The van der Waals surface area contributed by atoms with Crippen LogP contribution >= 0.6 is 11.3 Å². The second-order valence-electron chi connectivity index (χ2n) is 6.21. The van der Waals surface area contributed by atoms with Gasteiger partial charge in [-0.05, 0) is 29.3 Å². The third-order valence-electron chi connectivity index (χ3n) is 4.55. The van der Waals surface area contributed by atoms with E-state index in [1.807, 2.05) is 42.5 Å². The Labute approximate surface area is 163 Å². The maximum Gasteiger partial charge on any atom is 0.332 e. The van der Waals surface area contributed by atoms with E-state index in [1.165, 1.54) is 4.90 Å². The first-order chi connectivity index (χ1) is 13.6. The van der Waals surface area contributed by atoms with Crippen molar-refractivity contribution in [3.63, 3.8) is 0 Å². The molecule has 0 bridgehead atoms. The number of anilines is 3. The molecular weight excluding hydrogens is 374 g/mol. The van der Waals surface area contributed by atoms with Gasteiger partial charge in [0.2, 0.25) is 0 Å². The Hall–Kier alpha value is -3.78. The van der Waals surface area contributed by atoms with Gasteiger partial charge in [-0.2, -0.15) is 0 Å². The second kappa shape index (κ2) is 6.14. The van der Waals surface area contributed by atoms with Crippen molar-refractivity contribution in [3.05, 3.63) is 65.8 Å². The molecule has 4 aromatic rings. The van der Waals surface area contributed by atoms with E-state index in [0.717, 1.165) is 22.5 Å². The van der Waals surface area contributed by atoms with E-state index < -0.39 is 11.9 Å². The van der Waals surface area contributed by atoms with Gasteiger partial charge in [0.25, 0.3) is 5.91 Å². The maximum absolute atomic E-state index is 12.9. The molecule has 28 heavy (non-hydrogen) atoms. The van der Waals surface area contributed by atoms with Gasteiger partial charge >= 0.3 is 6.03 Å². The molecule has 4 heterocycles. The van der Waals surface area contributed by atoms with Crippen molar-refractivity contribution in [2.75, 3.05) is 10.2 Å². The molecule has 1 aliphatic heterocycles. The molecule has 0 atom stereocenters. The molecule has 3 aromatic heterocycles. The van der Waals surface area contributed by atoms with Crippen molar-refractivity contribution in [2.45, 2.75) is 0 Å². The minimum atomic E-state index is -0.595. The van der Waals surface area contributed by atoms with Crippen LogP contribution in [0, 0.1) is 0 Å². The number of rotatable bonds is 3. The van der Waals surface area contributed by atoms with E-state index in [-0.39, 0.29) is 4.88 Å². The van der Waals surface area contributed by atoms with Crippen molar-refractivity contribution in [1.82, 2.24) is 9.97 Å². The SMILES string of the molecule is NC(=O)c1sc2nccc3c2c1NC(=O)N3c1cc(-c2ccccc2)ccn1. The molecule has 1 aromatic carbocycles. The van der Waals surface area contributed by atoms with Gasteiger partial charge in [-0.25, -0.2) is 19.7 Å². The van der Waals surface area contributed by atoms with Gasteiger partial charge in [0.1, 0.15) is 15.5 Å². The van der Waals surface area contributed by atoms with Crippen LogP contribution in [0.5, 0.6) is 0 Å². The number of carbonyl (C=O) groups is 2. The van der Waals surface area contributed by atoms with Crippen LogP contribution in [0.2, 0.25) is 0 Å². The molecule has 0 saturated carbocycles. The fourth-order valence-electron chi connectivity index (χ4n) is 3.34. The predicted octanol–water partition coefficient (Wildman–Crippen LogP) is 4.14. The zero-order chi connectivity index (χ0) is 19.3. The van der Waals surface area contributed by atoms with Gasteiger partial charge in [-0.3, -0.25) is 4.79 Å². The number of pyridine rings is 2. The monoisotopic (exact) mass is 387 g/mol. The molecule has 7 nitrogen and oxygen atoms in total. The highest BCUT2D eigenvalue weighted by atomic mass is 32.1. The Morgan fingerprint density at radius 3 is 2.61 bits per heavy atom. The smallest absolute Gasteiger partial charge is 0.332 e. The van der Waals surface area contributed by atoms with Gasteiger partial charge < -0.3 is 11.1 Å². The number of hydrogen-bond acceptors (Lipinski definition) is 5. The largest absolute Gasteiger partial charge is 0.365 e. The summed E-state index contributed by atoms with van der Waals surface area (Å²) in [6.07, 6.45) is 3.27. The van der Waals surface area contributed by atoms with E-state index in [0.29, 0.717) is 27.4 Å². The Morgan fingerprint density at radius 2 is 1.82 bits per heavy atom. The number of nitrogens with one attached hydrogen (secondary N) is 1. The van der Waals surface area contributed by atoms with Gasteiger partial charge in [0.05, 0.1) is 16.8 Å². The lowest BCUT2D eigenvalue weighted by atomic mass is 10.1. The van der Waals surface area contributed by atoms with E-state index in [9.17, 15) is 9.59 Å². The first kappa shape index (κ1) is 16.4. The Bertz CT molecular complexity index is 1250. The molecule has 1 aliphatic rings. The van der Waals surface area contributed by atoms with Crippen LogP contribution in [0.25, 0.3) is 21.3 Å². The molecule has 0 radical (unpaired) electrons. The highest BCUT2D eigenvalue weighted by molar-refractivity contribution is 7.21. The van der Waals surface area contributed by atoms with Crippen LogP contribution in [-0.2, 0) is 0 Å². The predicted molar refractivity (Wildman–Crippen MR) is 109 cm³/mol. The van der Waals surface area contributed by atoms with E-state index in [2.05, 4.69) is 15.3 Å². The number of aromatic nitrogens is 2. The number of hydrogen-bond donors (Lipinski definition) is 2. The minimum Gasteiger partial charge on any atom is -0.365 e. The first-order valence-electron chi connectivity index (χ1n) is 8.47. The van der Waals surface area contributed by atoms with Gasteiger partial charge in [0, 0.05) is 12.4 Å². The van der Waals surface area contributed by atoms with Crippen LogP contribution in [0.1, 0.15) is 9.67 Å². The molecule has 0 saturated heterocycles. The van der Waals surface area contributed by atoms with E-state index >= 15 is 0 Å². The molecular formula is C20H13N5O2S. The minimum absolute atomic E-state index is 0.286. The summed E-state index contributed by atoms with van der Waals surface area (Å²) >= 11 is 1.16. The molecule has 0 spiro atoms. The molecule has 5 rings (SSSR count). The number of amides is 3. The Kier molecular flexibility index (Phi) is 3.59. The fourth-order valence-corrected chi connectivity index (χ4v) is 4.31. The highest BCUT2D eigenvalue weighted by Gasteiger charge is 2.32. The van der Waals surface area contributed by atoms with Crippen LogP contribution in [0.4, 0.5) is 22.0 Å². The summed E-state index contributed by atoms with van der Waals surface area (Å²) < 4.78 is 0. The number of nitrogens with zero attached hydrogens (tertiary/aromatic N) is 3. The summed E-state index contributed by atoms with van der Waals surface area (Å²) in [7, 11) is 0. The maximum atomic E-state index is 12.9. The van der Waals surface area contributed by atoms with Crippen molar-refractivity contribution in [3.8, 4) is 11.1 Å². The summed E-state index contributed by atoms with van der Waals surface area (Å²) in [4.78, 5) is 35.8. The average molecular weight is 387 g/mol. The highest BCUT2D eigenvalue weighted by Crippen LogP contribution is 2.45. The zero-order valence-electron chi connectivity index (χ0n) is 14.4. The summed E-state index contributed by atoms with van der Waals surface area (Å²) in [5.41, 5.74) is 8.47. The van der Waals surface area contributed by atoms with Gasteiger partial charge in [0.15, 0.2) is 0 Å². The molecule has 0 unspecified atom stereocenters. The molecule has 3 N–H and O–H groups in total. The molecule has 0 fully saturated rings. The average Bonchev–Trinajstić information content (AvgIpc) is 3.09. The lowest BCUT2D eigenvalue weighted by molar-refractivity contribution is 0.100. The standard InChI is InChI=1S/C20H13N5O2S/c21-18(26)17-16-15-13(7-9-23-19(15)28-17)25(20(27)24-16)14-10-12(6-8-22-14)11-4-2-1-3-5-11/h1-10H,(H2,21,26)(H,24,27). The first-order valence-corrected chi connectivity index (χ1v) is 9.29. The van der Waals surface area contributed by atoms with E-state index in [4.69, 9.17) is 5.73 Å². The number of thiophene rings is 1. The number of urea groups is 1. The zero-order valence-corrected chi connectivity index (χ0v) is 15.2. The third kappa shape index (κ3) is 2.43. The van der Waals surface area contributed by atoms with Gasteiger partial charge in [-0.1, -0.05) is 30.3 Å². The third-order valence-corrected chi connectivity index (χ3v) is 5.66. The van der Waals surface area contributed by atoms with Crippen molar-refractivity contribution >= 4 is 50.7 Å². The number of nitrogens with two attached hydrogens (primary N) is 1. The Balaban J connectivity index is 1.70. The second-order valence-corrected chi connectivity index (χ2v) is 7.21. The summed E-state index contributed by atoms with van der Waals surface area (Å²) in [5.74, 6) is -0.120. The van der Waals surface area contributed by atoms with Crippen molar-refractivity contribution < 1.29 is 9.59 Å². The van der Waals surface area contributed by atoms with Crippen molar-refractivity contribution in [1.29, 1.82) is 0 Å². The van der Waals surface area contributed by atoms with E-state index in [1.54, 1.807) is 18.5 Å². The fraction of sp³-hybridized carbons (Fsp3) is 0. The lowest BCUT2D eigenvalue weighted by Gasteiger charge is -2.27. The number of benzene rings is 1. The van der Waals surface area contributed by atoms with Crippen molar-refractivity contribution in [2.24, 2.45) is 5.73 Å². The topological polar surface area (TPSA) is 101 Å². The number of carbonyl (C=O) groups excluding carboxylic acids is 2. The summed E-state index contributed by atoms with van der Waals surface area (Å²) in [6.45, 7) is 0.